The molecule has 1 fully saturated rings. The third kappa shape index (κ3) is 3.47. The van der Waals surface area contributed by atoms with Crippen LogP contribution in [0.25, 0.3) is 0 Å². The van der Waals surface area contributed by atoms with Gasteiger partial charge >= 0.3 is 0 Å². The van der Waals surface area contributed by atoms with Gasteiger partial charge in [-0.2, -0.15) is 0 Å². The Balaban J connectivity index is 2.42. The Morgan fingerprint density at radius 3 is 2.73 bits per heavy atom. The first-order valence-electron chi connectivity index (χ1n) is 5.72. The molecule has 1 saturated carbocycles. The van der Waals surface area contributed by atoms with Crippen molar-refractivity contribution < 1.29 is 9.53 Å². The van der Waals surface area contributed by atoms with Crippen molar-refractivity contribution in [3.05, 3.63) is 0 Å². The van der Waals surface area contributed by atoms with Gasteiger partial charge in [-0.05, 0) is 26.2 Å². The van der Waals surface area contributed by atoms with Crippen LogP contribution in [0.15, 0.2) is 0 Å². The number of nitrogens with two attached hydrogens (primary N) is 1. The summed E-state index contributed by atoms with van der Waals surface area (Å²) in [5.74, 6) is 0.402. The number of nitrogens with zero attached hydrogens (tertiary/aromatic N) is 1. The van der Waals surface area contributed by atoms with Crippen LogP contribution in [0.3, 0.4) is 0 Å². The second kappa shape index (κ2) is 6.08. The summed E-state index contributed by atoms with van der Waals surface area (Å²) in [5, 5.41) is 0. The lowest BCUT2D eigenvalue weighted by Crippen LogP contribution is -2.37. The quantitative estimate of drug-likeness (QED) is 0.729. The van der Waals surface area contributed by atoms with E-state index < -0.39 is 0 Å². The van der Waals surface area contributed by atoms with Gasteiger partial charge < -0.3 is 15.4 Å². The minimum atomic E-state index is 0.150. The van der Waals surface area contributed by atoms with Gasteiger partial charge in [0, 0.05) is 32.2 Å². The fraction of sp³-hybridized carbons (Fsp3) is 0.909. The number of rotatable bonds is 5. The van der Waals surface area contributed by atoms with Gasteiger partial charge in [-0.25, -0.2) is 0 Å². The van der Waals surface area contributed by atoms with Crippen LogP contribution < -0.4 is 5.73 Å². The Bertz CT molecular complexity index is 209. The summed E-state index contributed by atoms with van der Waals surface area (Å²) in [6, 6.07) is 0.222. The lowest BCUT2D eigenvalue weighted by atomic mass is 10.1. The maximum atomic E-state index is 12.0. The normalized spacial score (nSPS) is 25.5. The molecular formula is C11H22N2O2. The summed E-state index contributed by atoms with van der Waals surface area (Å²) in [4.78, 5) is 13.9. The predicted molar refractivity (Wildman–Crippen MR) is 59.4 cm³/mol. The Morgan fingerprint density at radius 2 is 2.27 bits per heavy atom. The van der Waals surface area contributed by atoms with Crippen LogP contribution in [0.4, 0.5) is 0 Å². The zero-order chi connectivity index (χ0) is 11.3. The number of ether oxygens (including phenoxy) is 1. The molecule has 0 aromatic carbocycles. The standard InChI is InChI=1S/C11H22N2O2/c1-3-13(6-7-15-2)11(14)9-4-5-10(12)8-9/h9-10H,3-8,12H2,1-2H3. The monoisotopic (exact) mass is 214 g/mol. The van der Waals surface area contributed by atoms with Gasteiger partial charge in [0.15, 0.2) is 0 Å². The van der Waals surface area contributed by atoms with E-state index in [0.717, 1.165) is 25.8 Å². The zero-order valence-electron chi connectivity index (χ0n) is 9.74. The number of likely N-dealkylation sites (N-methyl/N-ethyl adjacent to an activating group) is 1. The van der Waals surface area contributed by atoms with E-state index in [2.05, 4.69) is 0 Å². The fourth-order valence-corrected chi connectivity index (χ4v) is 2.12. The molecule has 15 heavy (non-hydrogen) atoms. The fourth-order valence-electron chi connectivity index (χ4n) is 2.12. The molecule has 2 unspecified atom stereocenters. The molecule has 2 N–H and O–H groups in total. The number of amides is 1. The zero-order valence-corrected chi connectivity index (χ0v) is 9.74. The molecule has 0 heterocycles. The highest BCUT2D eigenvalue weighted by Crippen LogP contribution is 2.25. The van der Waals surface area contributed by atoms with Crippen LogP contribution in [-0.2, 0) is 9.53 Å². The van der Waals surface area contributed by atoms with E-state index in [9.17, 15) is 4.79 Å². The number of carbonyl (C=O) groups is 1. The van der Waals surface area contributed by atoms with E-state index in [1.165, 1.54) is 0 Å². The van der Waals surface area contributed by atoms with Gasteiger partial charge in [0.1, 0.15) is 0 Å². The van der Waals surface area contributed by atoms with Crippen LogP contribution >= 0.6 is 0 Å². The second-order valence-corrected chi connectivity index (χ2v) is 4.18. The van der Waals surface area contributed by atoms with Crippen molar-refractivity contribution >= 4 is 5.91 Å². The van der Waals surface area contributed by atoms with Gasteiger partial charge in [0.2, 0.25) is 5.91 Å². The van der Waals surface area contributed by atoms with E-state index in [1.54, 1.807) is 7.11 Å². The second-order valence-electron chi connectivity index (χ2n) is 4.18. The summed E-state index contributed by atoms with van der Waals surface area (Å²) in [6.45, 7) is 4.06. The number of carbonyl (C=O) groups excluding carboxylic acids is 1. The van der Waals surface area contributed by atoms with Gasteiger partial charge in [-0.15, -0.1) is 0 Å². The first-order chi connectivity index (χ1) is 7.19. The minimum absolute atomic E-state index is 0.150. The van der Waals surface area contributed by atoms with Crippen LogP contribution in [0.2, 0.25) is 0 Å². The number of methoxy groups -OCH3 is 1. The van der Waals surface area contributed by atoms with Crippen LogP contribution in [0.5, 0.6) is 0 Å². The summed E-state index contributed by atoms with van der Waals surface area (Å²) in [6.07, 6.45) is 2.78. The van der Waals surface area contributed by atoms with Crippen molar-refractivity contribution in [2.45, 2.75) is 32.2 Å². The van der Waals surface area contributed by atoms with Crippen LogP contribution in [0, 0.1) is 5.92 Å². The molecule has 0 spiro atoms. The van der Waals surface area contributed by atoms with Crippen LogP contribution in [0.1, 0.15) is 26.2 Å². The summed E-state index contributed by atoms with van der Waals surface area (Å²) < 4.78 is 4.99. The van der Waals surface area contributed by atoms with Gasteiger partial charge in [0.05, 0.1) is 6.61 Å². The average Bonchev–Trinajstić information content (AvgIpc) is 2.65. The molecule has 0 aliphatic heterocycles. The van der Waals surface area contributed by atoms with E-state index >= 15 is 0 Å². The van der Waals surface area contributed by atoms with Crippen molar-refractivity contribution in [3.63, 3.8) is 0 Å². The molecule has 1 aliphatic rings. The lowest BCUT2D eigenvalue weighted by molar-refractivity contribution is -0.135. The smallest absolute Gasteiger partial charge is 0.225 e. The Labute approximate surface area is 91.8 Å². The Hall–Kier alpha value is -0.610. The first kappa shape index (κ1) is 12.5. The summed E-state index contributed by atoms with van der Waals surface area (Å²) >= 11 is 0. The maximum absolute atomic E-state index is 12.0. The van der Waals surface area contributed by atoms with Crippen molar-refractivity contribution in [2.75, 3.05) is 26.8 Å². The maximum Gasteiger partial charge on any atom is 0.225 e. The highest BCUT2D eigenvalue weighted by molar-refractivity contribution is 5.79. The Morgan fingerprint density at radius 1 is 1.53 bits per heavy atom. The van der Waals surface area contributed by atoms with E-state index in [4.69, 9.17) is 10.5 Å². The molecule has 0 saturated heterocycles. The van der Waals surface area contributed by atoms with Crippen molar-refractivity contribution in [3.8, 4) is 0 Å². The Kier molecular flexibility index (Phi) is 5.05. The molecule has 88 valence electrons. The van der Waals surface area contributed by atoms with E-state index in [-0.39, 0.29) is 17.9 Å². The van der Waals surface area contributed by atoms with Crippen molar-refractivity contribution in [2.24, 2.45) is 11.7 Å². The molecule has 1 rings (SSSR count). The third-order valence-corrected chi connectivity index (χ3v) is 3.08. The predicted octanol–water partition coefficient (Wildman–Crippen LogP) is 0.609. The highest BCUT2D eigenvalue weighted by atomic mass is 16.5. The lowest BCUT2D eigenvalue weighted by Gasteiger charge is -2.23. The van der Waals surface area contributed by atoms with Gasteiger partial charge in [-0.3, -0.25) is 4.79 Å². The minimum Gasteiger partial charge on any atom is -0.383 e. The van der Waals surface area contributed by atoms with Crippen molar-refractivity contribution in [1.29, 1.82) is 0 Å². The SMILES string of the molecule is CCN(CCOC)C(=O)C1CCC(N)C1. The molecule has 0 bridgehead atoms. The number of hydrogen-bond acceptors (Lipinski definition) is 3. The van der Waals surface area contributed by atoms with E-state index in [0.29, 0.717) is 13.2 Å². The molecule has 0 aromatic rings. The molecular weight excluding hydrogens is 192 g/mol. The molecule has 1 aliphatic carbocycles. The average molecular weight is 214 g/mol. The topological polar surface area (TPSA) is 55.6 Å². The molecule has 0 aromatic heterocycles. The van der Waals surface area contributed by atoms with Crippen LogP contribution in [-0.4, -0.2) is 43.7 Å². The first-order valence-corrected chi connectivity index (χ1v) is 5.72. The molecule has 4 nitrogen and oxygen atoms in total. The summed E-state index contributed by atoms with van der Waals surface area (Å²) in [7, 11) is 1.66. The summed E-state index contributed by atoms with van der Waals surface area (Å²) in [5.41, 5.74) is 5.81. The molecule has 1 amide bonds. The molecule has 2 atom stereocenters. The van der Waals surface area contributed by atoms with Gasteiger partial charge in [-0.1, -0.05) is 0 Å². The third-order valence-electron chi connectivity index (χ3n) is 3.08. The highest BCUT2D eigenvalue weighted by Gasteiger charge is 2.30. The van der Waals surface area contributed by atoms with E-state index in [1.807, 2.05) is 11.8 Å². The largest absolute Gasteiger partial charge is 0.383 e. The number of hydrogen-bond donors (Lipinski definition) is 1. The molecule has 0 radical (unpaired) electrons. The molecule has 4 heteroatoms. The van der Waals surface area contributed by atoms with Gasteiger partial charge in [0.25, 0.3) is 0 Å². The van der Waals surface area contributed by atoms with Crippen molar-refractivity contribution in [1.82, 2.24) is 4.90 Å².